The summed E-state index contributed by atoms with van der Waals surface area (Å²) < 4.78 is 19.3. The first-order valence-corrected chi connectivity index (χ1v) is 9.20. The van der Waals surface area contributed by atoms with E-state index in [0.29, 0.717) is 22.1 Å². The van der Waals surface area contributed by atoms with Gasteiger partial charge in [0.25, 0.3) is 0 Å². The first kappa shape index (κ1) is 18.4. The Morgan fingerprint density at radius 2 is 1.64 bits per heavy atom. The maximum atomic E-state index is 13.3. The van der Waals surface area contributed by atoms with Crippen molar-refractivity contribution in [2.75, 3.05) is 0 Å². The lowest BCUT2D eigenvalue weighted by Crippen LogP contribution is -2.31. The number of fused-ring (bicyclic) bond motifs is 2. The number of ether oxygens (including phenoxy) is 1. The minimum absolute atomic E-state index is 0.276. The second kappa shape index (κ2) is 7.21. The van der Waals surface area contributed by atoms with Crippen molar-refractivity contribution in [2.45, 2.75) is 12.8 Å². The van der Waals surface area contributed by atoms with Gasteiger partial charge < -0.3 is 4.74 Å². The Kier molecular flexibility index (Phi) is 4.73. The number of hydrogen-bond donors (Lipinski definition) is 0. The smallest absolute Gasteiger partial charge is 0.174 e. The third-order valence-electron chi connectivity index (χ3n) is 4.96. The highest BCUT2D eigenvalue weighted by Gasteiger charge is 2.40. The van der Waals surface area contributed by atoms with Gasteiger partial charge in [0, 0.05) is 27.6 Å². The Hall–Kier alpha value is -2.98. The fraction of sp³-hybridized carbons (Fsp3) is 0.130. The molecule has 3 aromatic carbocycles. The Morgan fingerprint density at radius 3 is 2.36 bits per heavy atom. The molecule has 5 heteroatoms. The Labute approximate surface area is 166 Å². The van der Waals surface area contributed by atoms with Crippen molar-refractivity contribution < 1.29 is 18.7 Å². The minimum atomic E-state index is -0.979. The second-order valence-corrected chi connectivity index (χ2v) is 7.20. The van der Waals surface area contributed by atoms with Crippen LogP contribution in [0.2, 0.25) is 5.02 Å². The number of para-hydroxylation sites is 1. The molecule has 2 atom stereocenters. The second-order valence-electron chi connectivity index (χ2n) is 6.76. The summed E-state index contributed by atoms with van der Waals surface area (Å²) in [7, 11) is 0. The predicted octanol–water partition coefficient (Wildman–Crippen LogP) is 5.80. The number of carbonyl (C=O) groups is 2. The average Bonchev–Trinajstić information content (AvgIpc) is 2.68. The molecule has 1 aliphatic heterocycles. The predicted molar refractivity (Wildman–Crippen MR) is 105 cm³/mol. The molecule has 3 nitrogen and oxygen atoms in total. The van der Waals surface area contributed by atoms with Gasteiger partial charge >= 0.3 is 0 Å². The first-order valence-electron chi connectivity index (χ1n) is 8.82. The van der Waals surface area contributed by atoms with Crippen LogP contribution in [-0.2, 0) is 4.79 Å². The van der Waals surface area contributed by atoms with Crippen LogP contribution in [0.5, 0.6) is 11.5 Å². The van der Waals surface area contributed by atoms with Crippen molar-refractivity contribution in [2.24, 2.45) is 5.92 Å². The Morgan fingerprint density at radius 1 is 0.964 bits per heavy atom. The van der Waals surface area contributed by atoms with E-state index >= 15 is 0 Å². The maximum Gasteiger partial charge on any atom is 0.174 e. The number of ketones is 2. The zero-order valence-corrected chi connectivity index (χ0v) is 15.7. The third kappa shape index (κ3) is 3.20. The van der Waals surface area contributed by atoms with Crippen molar-refractivity contribution in [1.29, 1.82) is 0 Å². The highest BCUT2D eigenvalue weighted by atomic mass is 35.5. The van der Waals surface area contributed by atoms with E-state index in [0.717, 1.165) is 5.56 Å². The lowest BCUT2D eigenvalue weighted by atomic mass is 9.74. The summed E-state index contributed by atoms with van der Waals surface area (Å²) in [6.45, 7) is 1.40. The van der Waals surface area contributed by atoms with Crippen LogP contribution in [-0.4, -0.2) is 11.6 Å². The molecule has 0 radical (unpaired) electrons. The number of halogens is 2. The average molecular weight is 395 g/mol. The summed E-state index contributed by atoms with van der Waals surface area (Å²) in [6, 6.07) is 17.7. The van der Waals surface area contributed by atoms with E-state index in [1.165, 1.54) is 31.2 Å². The van der Waals surface area contributed by atoms with Crippen LogP contribution in [0.4, 0.5) is 4.39 Å². The maximum absolute atomic E-state index is 13.3. The van der Waals surface area contributed by atoms with Gasteiger partial charge in [0.1, 0.15) is 23.1 Å². The molecule has 0 fully saturated rings. The minimum Gasteiger partial charge on any atom is -0.457 e. The molecule has 0 aliphatic carbocycles. The van der Waals surface area contributed by atoms with Gasteiger partial charge in [-0.05, 0) is 55.5 Å². The molecule has 0 bridgehead atoms. The highest BCUT2D eigenvalue weighted by molar-refractivity contribution is 6.30. The van der Waals surface area contributed by atoms with Crippen LogP contribution < -0.4 is 4.74 Å². The van der Waals surface area contributed by atoms with E-state index in [-0.39, 0.29) is 17.1 Å². The van der Waals surface area contributed by atoms with Gasteiger partial charge in [0.15, 0.2) is 5.78 Å². The summed E-state index contributed by atoms with van der Waals surface area (Å²) >= 11 is 6.20. The molecule has 0 saturated heterocycles. The van der Waals surface area contributed by atoms with Gasteiger partial charge in [-0.1, -0.05) is 29.8 Å². The van der Waals surface area contributed by atoms with Crippen molar-refractivity contribution in [3.63, 3.8) is 0 Å². The van der Waals surface area contributed by atoms with Gasteiger partial charge in [-0.25, -0.2) is 4.39 Å². The fourth-order valence-corrected chi connectivity index (χ4v) is 3.88. The molecule has 3 aromatic rings. The molecule has 0 aromatic heterocycles. The van der Waals surface area contributed by atoms with E-state index in [1.807, 2.05) is 18.2 Å². The molecule has 0 N–H and O–H groups in total. The number of Topliss-reactive ketones (excluding diaryl/α,β-unsaturated/α-hetero) is 2. The summed E-state index contributed by atoms with van der Waals surface area (Å²) in [4.78, 5) is 25.9. The Balaban J connectivity index is 1.89. The third-order valence-corrected chi connectivity index (χ3v) is 5.20. The molecule has 140 valence electrons. The summed E-state index contributed by atoms with van der Waals surface area (Å²) in [6.07, 6.45) is 0. The molecule has 1 heterocycles. The van der Waals surface area contributed by atoms with Crippen molar-refractivity contribution >= 4 is 23.2 Å². The molecule has 28 heavy (non-hydrogen) atoms. The normalized spacial score (nSPS) is 15.8. The van der Waals surface area contributed by atoms with Crippen LogP contribution in [0.3, 0.4) is 0 Å². The number of hydrogen-bond acceptors (Lipinski definition) is 3. The largest absolute Gasteiger partial charge is 0.457 e. The van der Waals surface area contributed by atoms with Gasteiger partial charge in [-0.3, -0.25) is 9.59 Å². The van der Waals surface area contributed by atoms with Crippen molar-refractivity contribution in [3.8, 4) is 11.5 Å². The van der Waals surface area contributed by atoms with Gasteiger partial charge in [0.2, 0.25) is 0 Å². The molecule has 0 amide bonds. The number of benzene rings is 3. The zero-order chi connectivity index (χ0) is 19.8. The molecule has 1 aliphatic rings. The van der Waals surface area contributed by atoms with Crippen molar-refractivity contribution in [3.05, 3.63) is 94.3 Å². The molecular formula is C23H16ClFO3. The van der Waals surface area contributed by atoms with Gasteiger partial charge in [0.05, 0.1) is 5.92 Å². The van der Waals surface area contributed by atoms with E-state index < -0.39 is 17.7 Å². The molecule has 4 rings (SSSR count). The lowest BCUT2D eigenvalue weighted by Gasteiger charge is -2.32. The molecule has 0 saturated carbocycles. The van der Waals surface area contributed by atoms with E-state index in [2.05, 4.69) is 0 Å². The van der Waals surface area contributed by atoms with Crippen LogP contribution in [0.15, 0.2) is 66.7 Å². The van der Waals surface area contributed by atoms with Crippen LogP contribution >= 0.6 is 11.6 Å². The SMILES string of the molecule is CC(=O)[C@@H](C(=O)c1ccc(F)cc1)[C@@H]1c2ccccc2Oc2ccc(Cl)cc21. The number of rotatable bonds is 4. The van der Waals surface area contributed by atoms with Gasteiger partial charge in [-0.15, -0.1) is 0 Å². The molecule has 0 spiro atoms. The summed E-state index contributed by atoms with van der Waals surface area (Å²) in [5.41, 5.74) is 1.71. The van der Waals surface area contributed by atoms with Gasteiger partial charge in [-0.2, -0.15) is 0 Å². The molecular weight excluding hydrogens is 379 g/mol. The van der Waals surface area contributed by atoms with Crippen molar-refractivity contribution in [1.82, 2.24) is 0 Å². The van der Waals surface area contributed by atoms with Crippen LogP contribution in [0.25, 0.3) is 0 Å². The standard InChI is InChI=1S/C23H16ClFO3/c1-13(26)21(23(27)14-6-9-16(25)10-7-14)22-17-4-2-3-5-19(17)28-20-11-8-15(24)12-18(20)22/h2-12,21-22H,1H3/t21-,22-/m1/s1. The van der Waals surface area contributed by atoms with Crippen LogP contribution in [0.1, 0.15) is 34.3 Å². The quantitative estimate of drug-likeness (QED) is 0.414. The van der Waals surface area contributed by atoms with E-state index in [1.54, 1.807) is 24.3 Å². The fourth-order valence-electron chi connectivity index (χ4n) is 3.70. The zero-order valence-electron chi connectivity index (χ0n) is 15.0. The summed E-state index contributed by atoms with van der Waals surface area (Å²) in [5, 5.41) is 0.489. The monoisotopic (exact) mass is 394 g/mol. The lowest BCUT2D eigenvalue weighted by molar-refractivity contribution is -0.119. The highest BCUT2D eigenvalue weighted by Crippen LogP contribution is 2.49. The number of carbonyl (C=O) groups excluding carboxylic acids is 2. The van der Waals surface area contributed by atoms with Crippen LogP contribution in [0, 0.1) is 11.7 Å². The summed E-state index contributed by atoms with van der Waals surface area (Å²) in [5.74, 6) is -1.44. The van der Waals surface area contributed by atoms with E-state index in [9.17, 15) is 14.0 Å². The first-order chi connectivity index (χ1) is 13.5. The Bertz CT molecular complexity index is 1080. The van der Waals surface area contributed by atoms with E-state index in [4.69, 9.17) is 16.3 Å². The molecule has 0 unspecified atom stereocenters. The topological polar surface area (TPSA) is 43.4 Å².